The van der Waals surface area contributed by atoms with Crippen LogP contribution in [0.25, 0.3) is 0 Å². The highest BCUT2D eigenvalue weighted by Crippen LogP contribution is 2.27. The van der Waals surface area contributed by atoms with E-state index < -0.39 is 12.1 Å². The number of carbonyl (C=O) groups is 1. The summed E-state index contributed by atoms with van der Waals surface area (Å²) in [6, 6.07) is 7.39. The van der Waals surface area contributed by atoms with Crippen molar-refractivity contribution >= 4 is 5.97 Å². The third-order valence-corrected chi connectivity index (χ3v) is 1.92. The van der Waals surface area contributed by atoms with E-state index in [1.165, 1.54) is 0 Å². The second-order valence-electron chi connectivity index (χ2n) is 2.76. The van der Waals surface area contributed by atoms with Gasteiger partial charge >= 0.3 is 5.97 Å². The smallest absolute Gasteiger partial charge is 0.345 e. The number of rotatable bonds is 1. The minimum absolute atomic E-state index is 0.478. The van der Waals surface area contributed by atoms with Crippen molar-refractivity contribution in [3.8, 4) is 5.75 Å². The molecule has 0 aromatic heterocycles. The standard InChI is InChI=1S/C9H8O3/c10-9(11)8-5-6-3-1-2-4-7(6)12-8/h1-4,8H,5H2,(H,10,11)/t8-/m1/s1. The van der Waals surface area contributed by atoms with Gasteiger partial charge in [-0.15, -0.1) is 0 Å². The van der Waals surface area contributed by atoms with Crippen molar-refractivity contribution in [3.05, 3.63) is 29.8 Å². The number of hydrogen-bond donors (Lipinski definition) is 1. The monoisotopic (exact) mass is 164 g/mol. The average molecular weight is 164 g/mol. The van der Waals surface area contributed by atoms with Crippen LogP contribution in [-0.2, 0) is 11.2 Å². The Bertz CT molecular complexity index is 294. The number of aliphatic carboxylic acids is 1. The maximum Gasteiger partial charge on any atom is 0.345 e. The molecule has 0 amide bonds. The fourth-order valence-corrected chi connectivity index (χ4v) is 1.32. The summed E-state index contributed by atoms with van der Waals surface area (Å²) < 4.78 is 5.17. The van der Waals surface area contributed by atoms with E-state index in [9.17, 15) is 4.79 Å². The van der Waals surface area contributed by atoms with E-state index in [-0.39, 0.29) is 0 Å². The molecule has 1 N–H and O–H groups in total. The van der Waals surface area contributed by atoms with Crippen LogP contribution in [0.15, 0.2) is 24.3 Å². The predicted molar refractivity (Wildman–Crippen MR) is 42.2 cm³/mol. The quantitative estimate of drug-likeness (QED) is 0.675. The minimum Gasteiger partial charge on any atom is -0.478 e. The number of ether oxygens (including phenoxy) is 1. The molecule has 62 valence electrons. The van der Waals surface area contributed by atoms with E-state index in [2.05, 4.69) is 0 Å². The molecule has 0 fully saturated rings. The third kappa shape index (κ3) is 1.03. The van der Waals surface area contributed by atoms with Crippen LogP contribution >= 0.6 is 0 Å². The second-order valence-corrected chi connectivity index (χ2v) is 2.76. The Labute approximate surface area is 69.6 Å². The number of fused-ring (bicyclic) bond motifs is 1. The zero-order valence-corrected chi connectivity index (χ0v) is 6.36. The van der Waals surface area contributed by atoms with Crippen molar-refractivity contribution in [3.63, 3.8) is 0 Å². The summed E-state index contributed by atoms with van der Waals surface area (Å²) in [7, 11) is 0. The van der Waals surface area contributed by atoms with Gasteiger partial charge in [0.05, 0.1) is 0 Å². The van der Waals surface area contributed by atoms with Crippen LogP contribution < -0.4 is 4.74 Å². The Morgan fingerprint density at radius 3 is 2.92 bits per heavy atom. The minimum atomic E-state index is -0.897. The zero-order chi connectivity index (χ0) is 8.55. The van der Waals surface area contributed by atoms with Gasteiger partial charge in [0.25, 0.3) is 0 Å². The molecule has 1 aliphatic heterocycles. The molecule has 12 heavy (non-hydrogen) atoms. The topological polar surface area (TPSA) is 46.5 Å². The molecule has 0 saturated carbocycles. The maximum absolute atomic E-state index is 10.5. The van der Waals surface area contributed by atoms with Gasteiger partial charge in [0.15, 0.2) is 6.10 Å². The number of hydrogen-bond acceptors (Lipinski definition) is 2. The summed E-state index contributed by atoms with van der Waals surface area (Å²) >= 11 is 0. The molecule has 1 aromatic rings. The number of carboxylic acid groups (broad SMARTS) is 1. The fourth-order valence-electron chi connectivity index (χ4n) is 1.32. The van der Waals surface area contributed by atoms with Gasteiger partial charge in [0.1, 0.15) is 5.75 Å². The van der Waals surface area contributed by atoms with Crippen LogP contribution in [0.5, 0.6) is 5.75 Å². The molecule has 3 heteroatoms. The molecule has 0 spiro atoms. The lowest BCUT2D eigenvalue weighted by molar-refractivity contribution is -0.144. The molecular weight excluding hydrogens is 156 g/mol. The van der Waals surface area contributed by atoms with Crippen LogP contribution in [-0.4, -0.2) is 17.2 Å². The average Bonchev–Trinajstić information content (AvgIpc) is 2.46. The van der Waals surface area contributed by atoms with E-state index in [0.717, 1.165) is 5.56 Å². The number of benzene rings is 1. The fraction of sp³-hybridized carbons (Fsp3) is 0.222. The van der Waals surface area contributed by atoms with Gasteiger partial charge in [-0.25, -0.2) is 4.79 Å². The molecule has 0 radical (unpaired) electrons. The van der Waals surface area contributed by atoms with E-state index >= 15 is 0 Å². The third-order valence-electron chi connectivity index (χ3n) is 1.92. The lowest BCUT2D eigenvalue weighted by atomic mass is 10.1. The summed E-state index contributed by atoms with van der Waals surface area (Å²) in [5.74, 6) is -0.198. The molecule has 1 heterocycles. The molecule has 0 unspecified atom stereocenters. The zero-order valence-electron chi connectivity index (χ0n) is 6.36. The Morgan fingerprint density at radius 2 is 2.25 bits per heavy atom. The number of carboxylic acids is 1. The first kappa shape index (κ1) is 7.16. The Hall–Kier alpha value is -1.51. The maximum atomic E-state index is 10.5. The van der Waals surface area contributed by atoms with E-state index in [1.807, 2.05) is 18.2 Å². The first-order valence-electron chi connectivity index (χ1n) is 3.75. The summed E-state index contributed by atoms with van der Waals surface area (Å²) in [5, 5.41) is 8.66. The van der Waals surface area contributed by atoms with Gasteiger partial charge in [-0.1, -0.05) is 18.2 Å². The highest BCUT2D eigenvalue weighted by atomic mass is 16.5. The molecule has 3 nitrogen and oxygen atoms in total. The highest BCUT2D eigenvalue weighted by Gasteiger charge is 2.27. The van der Waals surface area contributed by atoms with Crippen LogP contribution in [0.2, 0.25) is 0 Å². The van der Waals surface area contributed by atoms with Gasteiger partial charge in [-0.05, 0) is 11.6 Å². The molecule has 0 saturated heterocycles. The lowest BCUT2D eigenvalue weighted by Crippen LogP contribution is -2.24. The molecule has 0 aliphatic carbocycles. The molecule has 1 aliphatic rings. The van der Waals surface area contributed by atoms with E-state index in [0.29, 0.717) is 12.2 Å². The van der Waals surface area contributed by atoms with Gasteiger partial charge in [0.2, 0.25) is 0 Å². The Kier molecular flexibility index (Phi) is 1.50. The van der Waals surface area contributed by atoms with E-state index in [1.54, 1.807) is 6.07 Å². The van der Waals surface area contributed by atoms with Crippen molar-refractivity contribution in [2.45, 2.75) is 12.5 Å². The largest absolute Gasteiger partial charge is 0.478 e. The summed E-state index contributed by atoms with van der Waals surface area (Å²) in [5.41, 5.74) is 0.977. The normalized spacial score (nSPS) is 19.8. The SMILES string of the molecule is O=C(O)[C@H]1Cc2ccccc2O1. The predicted octanol–water partition coefficient (Wildman–Crippen LogP) is 1.07. The molecule has 0 bridgehead atoms. The van der Waals surface area contributed by atoms with Crippen LogP contribution in [0.3, 0.4) is 0 Å². The highest BCUT2D eigenvalue weighted by molar-refractivity contribution is 5.74. The van der Waals surface area contributed by atoms with Crippen LogP contribution in [0, 0.1) is 0 Å². The van der Waals surface area contributed by atoms with Gasteiger partial charge in [-0.2, -0.15) is 0 Å². The van der Waals surface area contributed by atoms with Crippen molar-refractivity contribution < 1.29 is 14.6 Å². The van der Waals surface area contributed by atoms with E-state index in [4.69, 9.17) is 9.84 Å². The van der Waals surface area contributed by atoms with Gasteiger partial charge in [0, 0.05) is 6.42 Å². The Morgan fingerprint density at radius 1 is 1.50 bits per heavy atom. The summed E-state index contributed by atoms with van der Waals surface area (Å²) in [6.45, 7) is 0. The van der Waals surface area contributed by atoms with Gasteiger partial charge < -0.3 is 9.84 Å². The lowest BCUT2D eigenvalue weighted by Gasteiger charge is -2.02. The van der Waals surface area contributed by atoms with Crippen molar-refractivity contribution in [2.75, 3.05) is 0 Å². The summed E-state index contributed by atoms with van der Waals surface area (Å²) in [4.78, 5) is 10.5. The number of para-hydroxylation sites is 1. The van der Waals surface area contributed by atoms with Crippen LogP contribution in [0.1, 0.15) is 5.56 Å². The summed E-state index contributed by atoms with van der Waals surface area (Å²) in [6.07, 6.45) is -0.215. The van der Waals surface area contributed by atoms with Crippen molar-refractivity contribution in [2.24, 2.45) is 0 Å². The molecule has 1 atom stereocenters. The van der Waals surface area contributed by atoms with Crippen molar-refractivity contribution in [1.82, 2.24) is 0 Å². The van der Waals surface area contributed by atoms with Crippen molar-refractivity contribution in [1.29, 1.82) is 0 Å². The first-order valence-corrected chi connectivity index (χ1v) is 3.75. The first-order chi connectivity index (χ1) is 5.77. The second kappa shape index (κ2) is 2.52. The van der Waals surface area contributed by atoms with Gasteiger partial charge in [-0.3, -0.25) is 0 Å². The molecule has 2 rings (SSSR count). The molecule has 1 aromatic carbocycles. The Balaban J connectivity index is 2.27. The van der Waals surface area contributed by atoms with Crippen LogP contribution in [0.4, 0.5) is 0 Å². The molecular formula is C9H8O3.